The Balaban J connectivity index is 1.72. The maximum absolute atomic E-state index is 13.5. The van der Waals surface area contributed by atoms with Crippen LogP contribution in [0.1, 0.15) is 25.3 Å². The van der Waals surface area contributed by atoms with Gasteiger partial charge in [-0.3, -0.25) is 0 Å². The fourth-order valence-electron chi connectivity index (χ4n) is 2.60. The van der Waals surface area contributed by atoms with E-state index in [0.717, 1.165) is 18.9 Å². The minimum Gasteiger partial charge on any atom is -0.378 e. The van der Waals surface area contributed by atoms with E-state index in [4.69, 9.17) is 4.74 Å². The van der Waals surface area contributed by atoms with Gasteiger partial charge >= 0.3 is 6.03 Å². The second-order valence-electron chi connectivity index (χ2n) is 5.36. The Hall–Kier alpha value is -1.69. The number of benzene rings is 1. The van der Waals surface area contributed by atoms with E-state index in [-0.39, 0.29) is 12.1 Å². The lowest BCUT2D eigenvalue weighted by molar-refractivity contribution is 0.0220. The van der Waals surface area contributed by atoms with Gasteiger partial charge in [-0.05, 0) is 37.8 Å². The van der Waals surface area contributed by atoms with Gasteiger partial charge in [0, 0.05) is 32.3 Å². The summed E-state index contributed by atoms with van der Waals surface area (Å²) < 4.78 is 31.8. The van der Waals surface area contributed by atoms with Crippen molar-refractivity contribution in [1.29, 1.82) is 0 Å². The third-order valence-corrected chi connectivity index (χ3v) is 3.82. The van der Waals surface area contributed by atoms with Gasteiger partial charge in [-0.15, -0.1) is 0 Å². The van der Waals surface area contributed by atoms with Gasteiger partial charge in [-0.1, -0.05) is 6.07 Å². The van der Waals surface area contributed by atoms with Crippen molar-refractivity contribution in [1.82, 2.24) is 10.2 Å². The van der Waals surface area contributed by atoms with Crippen molar-refractivity contribution >= 4 is 6.03 Å². The summed E-state index contributed by atoms with van der Waals surface area (Å²) in [7, 11) is 0. The second kappa shape index (κ2) is 8.08. The van der Waals surface area contributed by atoms with Crippen LogP contribution in [0.15, 0.2) is 18.2 Å². The van der Waals surface area contributed by atoms with Gasteiger partial charge in [0.15, 0.2) is 0 Å². The predicted molar refractivity (Wildman–Crippen MR) is 79.7 cm³/mol. The topological polar surface area (TPSA) is 41.6 Å². The standard InChI is InChI=1S/C16H22F2N2O2/c1-2-22-14-6-9-20(10-7-14)16(21)19-8-5-12-3-4-13(17)11-15(12)18/h3-4,11,14H,2,5-10H2,1H3,(H,19,21). The molecule has 1 aliphatic rings. The summed E-state index contributed by atoms with van der Waals surface area (Å²) in [4.78, 5) is 13.8. The van der Waals surface area contributed by atoms with Crippen LogP contribution in [-0.2, 0) is 11.2 Å². The molecule has 1 heterocycles. The van der Waals surface area contributed by atoms with Crippen molar-refractivity contribution in [2.75, 3.05) is 26.2 Å². The zero-order chi connectivity index (χ0) is 15.9. The van der Waals surface area contributed by atoms with Crippen molar-refractivity contribution in [3.63, 3.8) is 0 Å². The number of rotatable bonds is 5. The second-order valence-corrected chi connectivity index (χ2v) is 5.36. The Labute approximate surface area is 129 Å². The molecule has 0 unspecified atom stereocenters. The normalized spacial score (nSPS) is 15.9. The first kappa shape index (κ1) is 16.7. The molecule has 22 heavy (non-hydrogen) atoms. The summed E-state index contributed by atoms with van der Waals surface area (Å²) in [5.74, 6) is -1.17. The Morgan fingerprint density at radius 3 is 2.73 bits per heavy atom. The Morgan fingerprint density at radius 2 is 2.09 bits per heavy atom. The van der Waals surface area contributed by atoms with Crippen LogP contribution in [0.25, 0.3) is 0 Å². The molecule has 1 saturated heterocycles. The highest BCUT2D eigenvalue weighted by Gasteiger charge is 2.22. The third kappa shape index (κ3) is 4.66. The Bertz CT molecular complexity index is 503. The summed E-state index contributed by atoms with van der Waals surface area (Å²) in [5.41, 5.74) is 0.400. The van der Waals surface area contributed by atoms with E-state index in [9.17, 15) is 13.6 Å². The van der Waals surface area contributed by atoms with Crippen molar-refractivity contribution in [3.8, 4) is 0 Å². The molecule has 0 spiro atoms. The molecule has 6 heteroatoms. The SMILES string of the molecule is CCOC1CCN(C(=O)NCCc2ccc(F)cc2F)CC1. The lowest BCUT2D eigenvalue weighted by atomic mass is 10.1. The highest BCUT2D eigenvalue weighted by molar-refractivity contribution is 5.74. The van der Waals surface area contributed by atoms with E-state index in [1.165, 1.54) is 12.1 Å². The largest absolute Gasteiger partial charge is 0.378 e. The Kier molecular flexibility index (Phi) is 6.12. The maximum atomic E-state index is 13.5. The molecule has 1 N–H and O–H groups in total. The zero-order valence-corrected chi connectivity index (χ0v) is 12.8. The molecule has 2 rings (SSSR count). The monoisotopic (exact) mass is 312 g/mol. The molecule has 2 amide bonds. The van der Waals surface area contributed by atoms with Gasteiger partial charge in [0.05, 0.1) is 6.10 Å². The molecule has 122 valence electrons. The lowest BCUT2D eigenvalue weighted by Crippen LogP contribution is -2.46. The number of likely N-dealkylation sites (tertiary alicyclic amines) is 1. The number of nitrogens with zero attached hydrogens (tertiary/aromatic N) is 1. The molecule has 0 aliphatic carbocycles. The first-order valence-corrected chi connectivity index (χ1v) is 7.68. The molecule has 1 fully saturated rings. The van der Waals surface area contributed by atoms with Crippen molar-refractivity contribution in [2.24, 2.45) is 0 Å². The van der Waals surface area contributed by atoms with E-state index in [1.807, 2.05) is 6.92 Å². The minimum atomic E-state index is -0.595. The number of carbonyl (C=O) groups is 1. The van der Waals surface area contributed by atoms with Gasteiger partial charge in [0.1, 0.15) is 11.6 Å². The lowest BCUT2D eigenvalue weighted by Gasteiger charge is -2.31. The van der Waals surface area contributed by atoms with Crippen LogP contribution in [0.4, 0.5) is 13.6 Å². The van der Waals surface area contributed by atoms with Gasteiger partial charge < -0.3 is 15.0 Å². The van der Waals surface area contributed by atoms with Crippen LogP contribution in [0.2, 0.25) is 0 Å². The molecule has 0 atom stereocenters. The highest BCUT2D eigenvalue weighted by atomic mass is 19.1. The third-order valence-electron chi connectivity index (χ3n) is 3.82. The molecule has 4 nitrogen and oxygen atoms in total. The van der Waals surface area contributed by atoms with Crippen molar-refractivity contribution in [2.45, 2.75) is 32.3 Å². The van der Waals surface area contributed by atoms with Crippen molar-refractivity contribution in [3.05, 3.63) is 35.4 Å². The fourth-order valence-corrected chi connectivity index (χ4v) is 2.60. The molecule has 0 radical (unpaired) electrons. The summed E-state index contributed by atoms with van der Waals surface area (Å²) in [6.07, 6.45) is 2.26. The van der Waals surface area contributed by atoms with E-state index in [2.05, 4.69) is 5.32 Å². The summed E-state index contributed by atoms with van der Waals surface area (Å²) in [5, 5.41) is 2.78. The smallest absolute Gasteiger partial charge is 0.317 e. The summed E-state index contributed by atoms with van der Waals surface area (Å²) >= 11 is 0. The van der Waals surface area contributed by atoms with Crippen LogP contribution >= 0.6 is 0 Å². The first-order valence-electron chi connectivity index (χ1n) is 7.68. The molecule has 1 aromatic carbocycles. The molecule has 0 aromatic heterocycles. The maximum Gasteiger partial charge on any atom is 0.317 e. The number of ether oxygens (including phenoxy) is 1. The number of amides is 2. The average molecular weight is 312 g/mol. The quantitative estimate of drug-likeness (QED) is 0.908. The zero-order valence-electron chi connectivity index (χ0n) is 12.8. The summed E-state index contributed by atoms with van der Waals surface area (Å²) in [6, 6.07) is 3.34. The van der Waals surface area contributed by atoms with Crippen LogP contribution in [0.5, 0.6) is 0 Å². The Morgan fingerprint density at radius 1 is 1.36 bits per heavy atom. The number of nitrogens with one attached hydrogen (secondary N) is 1. The molecule has 1 aliphatic heterocycles. The van der Waals surface area contributed by atoms with Crippen LogP contribution < -0.4 is 5.32 Å². The summed E-state index contributed by atoms with van der Waals surface area (Å²) in [6.45, 7) is 4.32. The highest BCUT2D eigenvalue weighted by Crippen LogP contribution is 2.14. The van der Waals surface area contributed by atoms with Crippen LogP contribution in [0.3, 0.4) is 0 Å². The van der Waals surface area contributed by atoms with Gasteiger partial charge in [0.25, 0.3) is 0 Å². The van der Waals surface area contributed by atoms with E-state index >= 15 is 0 Å². The van der Waals surface area contributed by atoms with Gasteiger partial charge in [0.2, 0.25) is 0 Å². The fraction of sp³-hybridized carbons (Fsp3) is 0.562. The molecular formula is C16H22F2N2O2. The van der Waals surface area contributed by atoms with E-state index < -0.39 is 11.6 Å². The van der Waals surface area contributed by atoms with E-state index in [1.54, 1.807) is 4.90 Å². The van der Waals surface area contributed by atoms with Crippen molar-refractivity contribution < 1.29 is 18.3 Å². The number of hydrogen-bond acceptors (Lipinski definition) is 2. The number of hydrogen-bond donors (Lipinski definition) is 1. The molecular weight excluding hydrogens is 290 g/mol. The van der Waals surface area contributed by atoms with Crippen LogP contribution in [-0.4, -0.2) is 43.3 Å². The van der Waals surface area contributed by atoms with Crippen LogP contribution in [0, 0.1) is 11.6 Å². The van der Waals surface area contributed by atoms with E-state index in [0.29, 0.717) is 38.2 Å². The number of urea groups is 1. The minimum absolute atomic E-state index is 0.141. The molecule has 1 aromatic rings. The number of carbonyl (C=O) groups excluding carboxylic acids is 1. The molecule has 0 bridgehead atoms. The first-order chi connectivity index (χ1) is 10.6. The molecule has 0 saturated carbocycles. The van der Waals surface area contributed by atoms with Gasteiger partial charge in [-0.2, -0.15) is 0 Å². The number of piperidine rings is 1. The predicted octanol–water partition coefficient (Wildman–Crippen LogP) is 2.72. The number of halogens is 2. The van der Waals surface area contributed by atoms with Gasteiger partial charge in [-0.25, -0.2) is 13.6 Å². The average Bonchev–Trinajstić information content (AvgIpc) is 2.50.